The van der Waals surface area contributed by atoms with Crippen LogP contribution >= 0.6 is 0 Å². The Hall–Kier alpha value is -0.450. The Balaban J connectivity index is 2.77. The molecule has 0 N–H and O–H groups in total. The summed E-state index contributed by atoms with van der Waals surface area (Å²) >= 11 is -1.63. The van der Waals surface area contributed by atoms with Crippen LogP contribution in [0, 0.1) is 0 Å². The van der Waals surface area contributed by atoms with Crippen LogP contribution in [0.1, 0.15) is 0 Å². The van der Waals surface area contributed by atoms with Crippen molar-refractivity contribution in [1.29, 1.82) is 0 Å². The van der Waals surface area contributed by atoms with Gasteiger partial charge in [0.25, 0.3) is 0 Å². The molecule has 10 heavy (non-hydrogen) atoms. The first-order valence-corrected chi connectivity index (χ1v) is 3.74. The molecule has 1 atom stereocenters. The molecule has 1 aliphatic heterocycles. The molecule has 1 aliphatic rings. The molecule has 1 rings (SSSR count). The Bertz CT molecular complexity index is 179. The van der Waals surface area contributed by atoms with E-state index in [1.807, 2.05) is 0 Å². The molecule has 1 unspecified atom stereocenters. The van der Waals surface area contributed by atoms with Crippen molar-refractivity contribution >= 4 is 11.4 Å². The lowest BCUT2D eigenvalue weighted by atomic mass is 10.1. The van der Waals surface area contributed by atoms with E-state index in [1.165, 1.54) is 12.2 Å². The van der Waals surface area contributed by atoms with Crippen LogP contribution in [0.15, 0.2) is 25.3 Å². The SMILES string of the molecule is C=CC1(C=C)COS(=O)O1. The molecule has 0 aromatic rings. The van der Waals surface area contributed by atoms with Gasteiger partial charge in [0.2, 0.25) is 0 Å². The molecule has 0 amide bonds. The monoisotopic (exact) mass is 160 g/mol. The van der Waals surface area contributed by atoms with Crippen LogP contribution in [0.4, 0.5) is 0 Å². The zero-order valence-electron chi connectivity index (χ0n) is 5.41. The predicted octanol–water partition coefficient (Wildman–Crippen LogP) is 0.723. The van der Waals surface area contributed by atoms with Gasteiger partial charge < -0.3 is 0 Å². The van der Waals surface area contributed by atoms with Gasteiger partial charge >= 0.3 is 11.4 Å². The first-order chi connectivity index (χ1) is 4.72. The summed E-state index contributed by atoms with van der Waals surface area (Å²) in [5, 5.41) is 0. The third-order valence-corrected chi connectivity index (χ3v) is 2.05. The lowest BCUT2D eigenvalue weighted by Crippen LogP contribution is -2.24. The van der Waals surface area contributed by atoms with Gasteiger partial charge in [0.15, 0.2) is 0 Å². The van der Waals surface area contributed by atoms with Crippen molar-refractivity contribution in [2.24, 2.45) is 0 Å². The van der Waals surface area contributed by atoms with Crippen molar-refractivity contribution in [1.82, 2.24) is 0 Å². The van der Waals surface area contributed by atoms with Crippen LogP contribution in [-0.2, 0) is 19.7 Å². The molecule has 1 heterocycles. The lowest BCUT2D eigenvalue weighted by Gasteiger charge is -2.12. The first-order valence-electron chi connectivity index (χ1n) is 2.74. The molecule has 4 heteroatoms. The normalized spacial score (nSPS) is 29.8. The van der Waals surface area contributed by atoms with Crippen LogP contribution in [0.5, 0.6) is 0 Å². The van der Waals surface area contributed by atoms with E-state index in [0.29, 0.717) is 0 Å². The predicted molar refractivity (Wildman–Crippen MR) is 38.3 cm³/mol. The van der Waals surface area contributed by atoms with Crippen LogP contribution in [0.3, 0.4) is 0 Å². The second-order valence-electron chi connectivity index (χ2n) is 1.91. The van der Waals surface area contributed by atoms with Crippen LogP contribution in [0.25, 0.3) is 0 Å². The molecule has 0 saturated carbocycles. The molecule has 3 nitrogen and oxygen atoms in total. The summed E-state index contributed by atoms with van der Waals surface area (Å²) in [6.45, 7) is 7.25. The Kier molecular flexibility index (Phi) is 2.03. The van der Waals surface area contributed by atoms with Gasteiger partial charge in [-0.1, -0.05) is 25.3 Å². The van der Waals surface area contributed by atoms with E-state index in [2.05, 4.69) is 17.3 Å². The molecule has 0 aromatic heterocycles. The molecule has 56 valence electrons. The summed E-state index contributed by atoms with van der Waals surface area (Å²) in [5.74, 6) is 0. The molecule has 1 saturated heterocycles. The Morgan fingerprint density at radius 3 is 2.30 bits per heavy atom. The molecule has 1 fully saturated rings. The molecule has 0 radical (unpaired) electrons. The summed E-state index contributed by atoms with van der Waals surface area (Å²) < 4.78 is 20.1. The minimum absolute atomic E-state index is 0.229. The maximum absolute atomic E-state index is 10.5. The quantitative estimate of drug-likeness (QED) is 0.558. The Morgan fingerprint density at radius 1 is 1.50 bits per heavy atom. The highest BCUT2D eigenvalue weighted by molar-refractivity contribution is 7.75. The molecule has 0 bridgehead atoms. The Labute approximate surface area is 62.2 Å². The van der Waals surface area contributed by atoms with E-state index in [1.54, 1.807) is 0 Å². The van der Waals surface area contributed by atoms with Crippen LogP contribution < -0.4 is 0 Å². The summed E-state index contributed by atoms with van der Waals surface area (Å²) in [4.78, 5) is 0. The smallest absolute Gasteiger partial charge is 0.265 e. The van der Waals surface area contributed by atoms with Gasteiger partial charge in [-0.3, -0.25) is 8.37 Å². The second-order valence-corrected chi connectivity index (χ2v) is 2.72. The van der Waals surface area contributed by atoms with Crippen LogP contribution in [0.2, 0.25) is 0 Å². The third kappa shape index (κ3) is 1.18. The van der Waals surface area contributed by atoms with Crippen molar-refractivity contribution in [2.75, 3.05) is 6.61 Å². The standard InChI is InChI=1S/C6H8O3S/c1-3-6(4-2)5-8-10(7)9-6/h3-4H,1-2,5H2. The Morgan fingerprint density at radius 2 is 2.10 bits per heavy atom. The highest BCUT2D eigenvalue weighted by Gasteiger charge is 2.35. The average Bonchev–Trinajstić information content (AvgIpc) is 2.33. The largest absolute Gasteiger partial charge is 0.306 e. The zero-order valence-corrected chi connectivity index (χ0v) is 6.23. The highest BCUT2D eigenvalue weighted by atomic mass is 32.2. The van der Waals surface area contributed by atoms with E-state index in [4.69, 9.17) is 4.18 Å². The van der Waals surface area contributed by atoms with Crippen molar-refractivity contribution in [3.05, 3.63) is 25.3 Å². The summed E-state index contributed by atoms with van der Waals surface area (Å²) in [5.41, 5.74) is -0.745. The van der Waals surface area contributed by atoms with Gasteiger partial charge in [0.1, 0.15) is 12.2 Å². The number of hydrogen-bond acceptors (Lipinski definition) is 3. The van der Waals surface area contributed by atoms with Gasteiger partial charge in [0.05, 0.1) is 0 Å². The minimum Gasteiger partial charge on any atom is -0.265 e. The van der Waals surface area contributed by atoms with Crippen molar-refractivity contribution in [3.8, 4) is 0 Å². The number of hydrogen-bond donors (Lipinski definition) is 0. The average molecular weight is 160 g/mol. The van der Waals surface area contributed by atoms with E-state index in [-0.39, 0.29) is 6.61 Å². The maximum Gasteiger partial charge on any atom is 0.306 e. The first kappa shape index (κ1) is 7.65. The van der Waals surface area contributed by atoms with E-state index < -0.39 is 17.0 Å². The molecule has 0 spiro atoms. The van der Waals surface area contributed by atoms with Crippen LogP contribution in [-0.4, -0.2) is 16.4 Å². The van der Waals surface area contributed by atoms with Crippen molar-refractivity contribution < 1.29 is 12.6 Å². The van der Waals surface area contributed by atoms with E-state index in [9.17, 15) is 4.21 Å². The molecule has 0 aliphatic carbocycles. The highest BCUT2D eigenvalue weighted by Crippen LogP contribution is 2.23. The lowest BCUT2D eigenvalue weighted by molar-refractivity contribution is 0.209. The van der Waals surface area contributed by atoms with Gasteiger partial charge in [-0.05, 0) is 0 Å². The van der Waals surface area contributed by atoms with E-state index in [0.717, 1.165) is 0 Å². The summed E-state index contributed by atoms with van der Waals surface area (Å²) in [6.07, 6.45) is 3.04. The minimum atomic E-state index is -1.63. The second kappa shape index (κ2) is 2.65. The fourth-order valence-electron chi connectivity index (χ4n) is 0.584. The van der Waals surface area contributed by atoms with E-state index >= 15 is 0 Å². The molecule has 0 aromatic carbocycles. The summed E-state index contributed by atoms with van der Waals surface area (Å²) in [6, 6.07) is 0. The maximum atomic E-state index is 10.5. The van der Waals surface area contributed by atoms with Crippen molar-refractivity contribution in [3.63, 3.8) is 0 Å². The van der Waals surface area contributed by atoms with Gasteiger partial charge in [-0.25, -0.2) is 0 Å². The fraction of sp³-hybridized carbons (Fsp3) is 0.333. The fourth-order valence-corrected chi connectivity index (χ4v) is 1.35. The topological polar surface area (TPSA) is 35.5 Å². The van der Waals surface area contributed by atoms with Crippen molar-refractivity contribution in [2.45, 2.75) is 5.60 Å². The summed E-state index contributed by atoms with van der Waals surface area (Å²) in [7, 11) is 0. The zero-order chi connectivity index (χ0) is 7.61. The number of rotatable bonds is 2. The molecular formula is C6H8O3S. The van der Waals surface area contributed by atoms with Gasteiger partial charge in [-0.2, -0.15) is 4.21 Å². The van der Waals surface area contributed by atoms with Gasteiger partial charge in [-0.15, -0.1) is 0 Å². The van der Waals surface area contributed by atoms with Gasteiger partial charge in [0, 0.05) is 0 Å². The third-order valence-electron chi connectivity index (χ3n) is 1.29. The molecular weight excluding hydrogens is 152 g/mol.